The zero-order valence-electron chi connectivity index (χ0n) is 21.5. The number of carbonyl (C=O) groups is 1. The highest BCUT2D eigenvalue weighted by molar-refractivity contribution is 6.30. The average Bonchev–Trinajstić information content (AvgIpc) is 3.69. The lowest BCUT2D eigenvalue weighted by Gasteiger charge is -2.41. The Kier molecular flexibility index (Phi) is 5.71. The van der Waals surface area contributed by atoms with Crippen molar-refractivity contribution in [1.29, 1.82) is 0 Å². The topological polar surface area (TPSA) is 116 Å². The summed E-state index contributed by atoms with van der Waals surface area (Å²) in [5, 5.41) is -0.180. The number of anilines is 1. The number of aryl methyl sites for hydroxylation is 1. The van der Waals surface area contributed by atoms with Gasteiger partial charge in [0.1, 0.15) is 29.7 Å². The molecule has 6 rings (SSSR count). The van der Waals surface area contributed by atoms with Crippen LogP contribution in [0.4, 0.5) is 15.0 Å². The summed E-state index contributed by atoms with van der Waals surface area (Å²) in [7, 11) is 0. The second-order valence-electron chi connectivity index (χ2n) is 10.8. The van der Waals surface area contributed by atoms with E-state index in [1.165, 1.54) is 10.9 Å². The van der Waals surface area contributed by atoms with Crippen molar-refractivity contribution in [3.8, 4) is 11.4 Å². The number of carbonyl (C=O) groups excluding carboxylic acids is 1. The van der Waals surface area contributed by atoms with Crippen molar-refractivity contribution in [2.45, 2.75) is 58.1 Å². The van der Waals surface area contributed by atoms with Gasteiger partial charge in [0.25, 0.3) is 0 Å². The molecule has 1 aliphatic carbocycles. The summed E-state index contributed by atoms with van der Waals surface area (Å²) < 4.78 is 28.2. The summed E-state index contributed by atoms with van der Waals surface area (Å²) in [5.74, 6) is -0.522. The molecule has 0 N–H and O–H groups in total. The summed E-state index contributed by atoms with van der Waals surface area (Å²) in [6, 6.07) is -0.406. The number of nitrogens with zero attached hydrogens (tertiary/aromatic N) is 7. The van der Waals surface area contributed by atoms with Crippen molar-refractivity contribution in [2.24, 2.45) is 0 Å². The van der Waals surface area contributed by atoms with Crippen LogP contribution in [-0.4, -0.2) is 73.4 Å². The van der Waals surface area contributed by atoms with Gasteiger partial charge in [-0.25, -0.2) is 29.1 Å². The first-order valence-electron chi connectivity index (χ1n) is 12.5. The highest BCUT2D eigenvalue weighted by Crippen LogP contribution is 2.44. The molecule has 1 atom stereocenters. The Balaban J connectivity index is 1.51. The maximum atomic E-state index is 15.4. The molecule has 1 saturated carbocycles. The first-order valence-corrected chi connectivity index (χ1v) is 12.9. The molecule has 2 aliphatic heterocycles. The Morgan fingerprint density at radius 2 is 1.97 bits per heavy atom. The van der Waals surface area contributed by atoms with Gasteiger partial charge in [-0.3, -0.25) is 0 Å². The Labute approximate surface area is 222 Å². The van der Waals surface area contributed by atoms with Gasteiger partial charge in [-0.1, -0.05) is 11.6 Å². The second-order valence-corrected chi connectivity index (χ2v) is 11.2. The van der Waals surface area contributed by atoms with E-state index in [4.69, 9.17) is 21.1 Å². The molecule has 0 bridgehead atoms. The van der Waals surface area contributed by atoms with Crippen LogP contribution < -0.4 is 15.3 Å². The number of halogens is 2. The number of fused-ring (bicyclic) bond motifs is 2. The molecule has 0 radical (unpaired) electrons. The molecule has 200 valence electrons. The second kappa shape index (κ2) is 8.75. The average molecular weight is 544 g/mol. The Morgan fingerprint density at radius 3 is 2.68 bits per heavy atom. The first-order chi connectivity index (χ1) is 18.0. The number of amides is 1. The molecule has 1 amide bonds. The summed E-state index contributed by atoms with van der Waals surface area (Å²) >= 11 is 6.23. The van der Waals surface area contributed by atoms with Gasteiger partial charge in [0.15, 0.2) is 16.5 Å². The lowest BCUT2D eigenvalue weighted by molar-refractivity contribution is 0.0201. The van der Waals surface area contributed by atoms with E-state index in [0.29, 0.717) is 24.5 Å². The number of rotatable bonds is 2. The SMILES string of the molecule is Cc1ncnc(C2CC2)c1-n1c(=O)nc2c3c(c(F)c(Cl)nc31)OC[C@H]1CN(C(=O)OC(C)(C)C)CCN21. The van der Waals surface area contributed by atoms with Crippen molar-refractivity contribution in [3.63, 3.8) is 0 Å². The van der Waals surface area contributed by atoms with Crippen LogP contribution in [0.2, 0.25) is 5.15 Å². The van der Waals surface area contributed by atoms with Crippen molar-refractivity contribution in [2.75, 3.05) is 31.1 Å². The molecule has 3 aliphatic rings. The predicted octanol–water partition coefficient (Wildman–Crippen LogP) is 3.37. The van der Waals surface area contributed by atoms with Crippen molar-refractivity contribution in [1.82, 2.24) is 29.4 Å². The van der Waals surface area contributed by atoms with Crippen molar-refractivity contribution >= 4 is 34.5 Å². The van der Waals surface area contributed by atoms with E-state index in [2.05, 4.69) is 19.9 Å². The fraction of sp³-hybridized carbons (Fsp3) is 0.520. The summed E-state index contributed by atoms with van der Waals surface area (Å²) in [4.78, 5) is 47.4. The normalized spacial score (nSPS) is 19.2. The molecule has 11 nitrogen and oxygen atoms in total. The maximum Gasteiger partial charge on any atom is 0.410 e. The molecule has 0 aromatic carbocycles. The molecule has 3 aromatic heterocycles. The van der Waals surface area contributed by atoms with Gasteiger partial charge >= 0.3 is 11.8 Å². The third-order valence-electron chi connectivity index (χ3n) is 6.91. The molecule has 38 heavy (non-hydrogen) atoms. The predicted molar refractivity (Wildman–Crippen MR) is 137 cm³/mol. The first kappa shape index (κ1) is 24.8. The minimum atomic E-state index is -0.834. The largest absolute Gasteiger partial charge is 0.487 e. The summed E-state index contributed by atoms with van der Waals surface area (Å²) in [5.41, 5.74) is 0.644. The standard InChI is InChI=1S/C25H27ClFN7O4/c1-12-18(17(13-5-6-13)29-11-28-12)34-22-15-19(16(27)20(26)30-22)37-10-14-9-32(24(36)38-25(2,3)4)7-8-33(14)21(15)31-23(34)35/h11,13-14H,5-10H2,1-4H3/t14-/m1/s1. The fourth-order valence-corrected chi connectivity index (χ4v) is 5.23. The molecule has 0 unspecified atom stereocenters. The van der Waals surface area contributed by atoms with Gasteiger partial charge in [0, 0.05) is 25.6 Å². The summed E-state index contributed by atoms with van der Waals surface area (Å²) in [6.07, 6.45) is 2.92. The van der Waals surface area contributed by atoms with Gasteiger partial charge in [0.2, 0.25) is 5.82 Å². The zero-order valence-corrected chi connectivity index (χ0v) is 22.3. The molecule has 3 aromatic rings. The van der Waals surface area contributed by atoms with Crippen LogP contribution in [0.1, 0.15) is 50.9 Å². The van der Waals surface area contributed by atoms with Crippen LogP contribution in [-0.2, 0) is 4.74 Å². The summed E-state index contributed by atoms with van der Waals surface area (Å²) in [6.45, 7) is 8.13. The van der Waals surface area contributed by atoms with Gasteiger partial charge in [0.05, 0.1) is 23.1 Å². The molecule has 2 fully saturated rings. The Bertz CT molecular complexity index is 1540. The van der Waals surface area contributed by atoms with Crippen molar-refractivity contribution < 1.29 is 18.7 Å². The van der Waals surface area contributed by atoms with E-state index in [1.54, 1.807) is 32.6 Å². The van der Waals surface area contributed by atoms with Crippen molar-refractivity contribution in [3.05, 3.63) is 39.2 Å². The van der Waals surface area contributed by atoms with Crippen LogP contribution in [0.25, 0.3) is 16.7 Å². The minimum Gasteiger partial charge on any atom is -0.487 e. The molecular weight excluding hydrogens is 517 g/mol. The zero-order chi connectivity index (χ0) is 26.9. The number of pyridine rings is 1. The third-order valence-corrected chi connectivity index (χ3v) is 7.16. The lowest BCUT2D eigenvalue weighted by Crippen LogP contribution is -2.57. The fourth-order valence-electron chi connectivity index (χ4n) is 5.06. The van der Waals surface area contributed by atoms with Crippen LogP contribution in [0.15, 0.2) is 11.1 Å². The number of hydrogen-bond donors (Lipinski definition) is 0. The molecule has 0 spiro atoms. The smallest absolute Gasteiger partial charge is 0.410 e. The van der Waals surface area contributed by atoms with Crippen LogP contribution in [0, 0.1) is 12.7 Å². The number of hydrogen-bond acceptors (Lipinski definition) is 9. The molecule has 1 saturated heterocycles. The Morgan fingerprint density at radius 1 is 1.21 bits per heavy atom. The van der Waals surface area contributed by atoms with E-state index >= 15 is 4.39 Å². The van der Waals surface area contributed by atoms with E-state index < -0.39 is 34.4 Å². The van der Waals surface area contributed by atoms with Crippen LogP contribution in [0.5, 0.6) is 5.75 Å². The van der Waals surface area contributed by atoms with Gasteiger partial charge in [-0.2, -0.15) is 9.37 Å². The molecule has 5 heterocycles. The number of ether oxygens (including phenoxy) is 2. The van der Waals surface area contributed by atoms with E-state index in [-0.39, 0.29) is 41.7 Å². The minimum absolute atomic E-state index is 0.0387. The maximum absolute atomic E-state index is 15.4. The van der Waals surface area contributed by atoms with Gasteiger partial charge < -0.3 is 19.3 Å². The lowest BCUT2D eigenvalue weighted by atomic mass is 10.1. The van der Waals surface area contributed by atoms with Crippen LogP contribution in [0.3, 0.4) is 0 Å². The number of piperazine rings is 1. The van der Waals surface area contributed by atoms with Crippen LogP contribution >= 0.6 is 11.6 Å². The third kappa shape index (κ3) is 4.11. The van der Waals surface area contributed by atoms with E-state index in [1.807, 2.05) is 4.90 Å². The van der Waals surface area contributed by atoms with E-state index in [0.717, 1.165) is 18.5 Å². The van der Waals surface area contributed by atoms with E-state index in [9.17, 15) is 9.59 Å². The number of aromatic nitrogens is 5. The quantitative estimate of drug-likeness (QED) is 0.448. The molecule has 13 heteroatoms. The Hall–Kier alpha value is -3.54. The monoisotopic (exact) mass is 543 g/mol. The highest BCUT2D eigenvalue weighted by Gasteiger charge is 2.39. The molecular formula is C25H27ClFN7O4. The van der Waals surface area contributed by atoms with Gasteiger partial charge in [-0.05, 0) is 40.5 Å². The highest BCUT2D eigenvalue weighted by atomic mass is 35.5. The van der Waals surface area contributed by atoms with Gasteiger partial charge in [-0.15, -0.1) is 0 Å².